The topological polar surface area (TPSA) is 76.6 Å². The molecule has 0 rings (SSSR count). The summed E-state index contributed by atoms with van der Waals surface area (Å²) >= 11 is 0. The fourth-order valence-electron chi connectivity index (χ4n) is 4.79. The molecule has 3 heteroatoms. The van der Waals surface area contributed by atoms with E-state index in [1.54, 1.807) is 0 Å². The molecular formula is C29H61NO2. The van der Waals surface area contributed by atoms with Crippen LogP contribution >= 0.6 is 0 Å². The van der Waals surface area contributed by atoms with Crippen LogP contribution < -0.4 is 11.3 Å². The molecule has 3 nitrogen and oxygen atoms in total. The summed E-state index contributed by atoms with van der Waals surface area (Å²) < 4.78 is 0. The van der Waals surface area contributed by atoms with Crippen LogP contribution in [0, 0.1) is 11.3 Å². The Hall–Kier alpha value is -0.570. The molecular weight excluding hydrogens is 394 g/mol. The summed E-state index contributed by atoms with van der Waals surface area (Å²) in [7, 11) is 0. The minimum Gasteiger partial charge on any atom is -0.550 e. The zero-order valence-corrected chi connectivity index (χ0v) is 23.0. The summed E-state index contributed by atoms with van der Waals surface area (Å²) in [6.45, 7) is 8.32. The van der Waals surface area contributed by atoms with Gasteiger partial charge in [-0.25, -0.2) is 0 Å². The first-order valence-corrected chi connectivity index (χ1v) is 14.2. The SMILES string of the molecule is CCCCCCCCCCCCC(CCCCCCCCCCCC)C(C)(C)C(=O)[O-].[NH4+]. The van der Waals surface area contributed by atoms with Crippen LogP contribution in [0.5, 0.6) is 0 Å². The minimum absolute atomic E-state index is 0. The molecule has 0 spiro atoms. The van der Waals surface area contributed by atoms with Crippen LogP contribution in [0.4, 0.5) is 0 Å². The van der Waals surface area contributed by atoms with E-state index in [-0.39, 0.29) is 12.1 Å². The van der Waals surface area contributed by atoms with Gasteiger partial charge in [-0.2, -0.15) is 0 Å². The predicted octanol–water partition coefficient (Wildman–Crippen LogP) is 9.38. The third-order valence-electron chi connectivity index (χ3n) is 7.36. The van der Waals surface area contributed by atoms with Crippen molar-refractivity contribution in [1.82, 2.24) is 6.15 Å². The first-order chi connectivity index (χ1) is 15.0. The second-order valence-electron chi connectivity index (χ2n) is 10.6. The van der Waals surface area contributed by atoms with Gasteiger partial charge in [-0.15, -0.1) is 0 Å². The average molecular weight is 456 g/mol. The van der Waals surface area contributed by atoms with Crippen LogP contribution in [0.3, 0.4) is 0 Å². The van der Waals surface area contributed by atoms with E-state index in [1.807, 2.05) is 13.8 Å². The van der Waals surface area contributed by atoms with Crippen LogP contribution in [0.15, 0.2) is 0 Å². The van der Waals surface area contributed by atoms with Gasteiger partial charge in [0.2, 0.25) is 0 Å². The summed E-state index contributed by atoms with van der Waals surface area (Å²) in [6, 6.07) is 0. The molecule has 0 aliphatic rings. The number of quaternary nitrogens is 1. The first-order valence-electron chi connectivity index (χ1n) is 14.2. The Labute approximate surface area is 202 Å². The standard InChI is InChI=1S/C29H58O2.H3N/c1-5-7-9-11-13-15-17-19-21-23-25-27(29(3,4)28(30)31)26-24-22-20-18-16-14-12-10-8-6-2;/h27H,5-26H2,1-4H3,(H,30,31);1H3. The monoisotopic (exact) mass is 455 g/mol. The number of carbonyl (C=O) groups excluding carboxylic acids is 1. The van der Waals surface area contributed by atoms with Crippen LogP contribution in [-0.2, 0) is 4.79 Å². The smallest absolute Gasteiger partial charge is 0.0473 e. The number of carboxylic acid groups (broad SMARTS) is 1. The lowest BCUT2D eigenvalue weighted by Gasteiger charge is -2.35. The Morgan fingerprint density at radius 3 is 1.06 bits per heavy atom. The molecule has 0 bridgehead atoms. The predicted molar refractivity (Wildman–Crippen MR) is 141 cm³/mol. The van der Waals surface area contributed by atoms with Gasteiger partial charge in [0.15, 0.2) is 0 Å². The highest BCUT2D eigenvalue weighted by Crippen LogP contribution is 2.35. The molecule has 0 heterocycles. The number of carboxylic acids is 1. The van der Waals surface area contributed by atoms with Crippen LogP contribution in [0.1, 0.15) is 169 Å². The van der Waals surface area contributed by atoms with E-state index < -0.39 is 11.4 Å². The summed E-state index contributed by atoms with van der Waals surface area (Å²) in [5, 5.41) is 11.7. The summed E-state index contributed by atoms with van der Waals surface area (Å²) in [6.07, 6.45) is 28.8. The molecule has 0 fully saturated rings. The highest BCUT2D eigenvalue weighted by Gasteiger charge is 2.29. The van der Waals surface area contributed by atoms with Gasteiger partial charge in [0, 0.05) is 11.4 Å². The molecule has 0 saturated carbocycles. The third-order valence-corrected chi connectivity index (χ3v) is 7.36. The highest BCUT2D eigenvalue weighted by molar-refractivity contribution is 5.71. The Morgan fingerprint density at radius 1 is 0.562 bits per heavy atom. The van der Waals surface area contributed by atoms with Gasteiger partial charge in [0.05, 0.1) is 0 Å². The van der Waals surface area contributed by atoms with Crippen molar-refractivity contribution in [3.8, 4) is 0 Å². The minimum atomic E-state index is -0.864. The molecule has 0 atom stereocenters. The largest absolute Gasteiger partial charge is 0.550 e. The molecule has 194 valence electrons. The third kappa shape index (κ3) is 18.9. The Kier molecular flexibility index (Phi) is 24.8. The maximum atomic E-state index is 11.7. The number of unbranched alkanes of at least 4 members (excludes halogenated alkanes) is 18. The summed E-state index contributed by atoms with van der Waals surface area (Å²) in [5.41, 5.74) is -0.696. The van der Waals surface area contributed by atoms with Crippen molar-refractivity contribution in [2.45, 2.75) is 169 Å². The van der Waals surface area contributed by atoms with Crippen molar-refractivity contribution in [3.05, 3.63) is 0 Å². The Balaban J connectivity index is 0. The molecule has 4 N–H and O–H groups in total. The zero-order chi connectivity index (χ0) is 23.2. The second-order valence-corrected chi connectivity index (χ2v) is 10.6. The summed E-state index contributed by atoms with van der Waals surface area (Å²) in [5.74, 6) is -0.600. The van der Waals surface area contributed by atoms with Gasteiger partial charge in [0.1, 0.15) is 0 Å². The van der Waals surface area contributed by atoms with E-state index >= 15 is 0 Å². The normalized spacial score (nSPS) is 11.7. The number of hydrogen-bond acceptors (Lipinski definition) is 2. The first kappa shape index (κ1) is 33.6. The van der Waals surface area contributed by atoms with Crippen molar-refractivity contribution in [3.63, 3.8) is 0 Å². The van der Waals surface area contributed by atoms with Crippen molar-refractivity contribution >= 4 is 5.97 Å². The van der Waals surface area contributed by atoms with Crippen molar-refractivity contribution < 1.29 is 9.90 Å². The Bertz CT molecular complexity index is 371. The van der Waals surface area contributed by atoms with E-state index in [1.165, 1.54) is 128 Å². The molecule has 0 aliphatic heterocycles. The second kappa shape index (κ2) is 23.6. The van der Waals surface area contributed by atoms with Gasteiger partial charge >= 0.3 is 0 Å². The van der Waals surface area contributed by atoms with E-state index in [9.17, 15) is 9.90 Å². The fraction of sp³-hybridized carbons (Fsp3) is 0.966. The van der Waals surface area contributed by atoms with Crippen molar-refractivity contribution in [1.29, 1.82) is 0 Å². The molecule has 0 aromatic carbocycles. The molecule has 0 unspecified atom stereocenters. The lowest BCUT2D eigenvalue weighted by Crippen LogP contribution is -2.43. The Morgan fingerprint density at radius 2 is 0.812 bits per heavy atom. The van der Waals surface area contributed by atoms with Gasteiger partial charge in [0.25, 0.3) is 0 Å². The van der Waals surface area contributed by atoms with Crippen LogP contribution in [-0.4, -0.2) is 5.97 Å². The molecule has 0 aromatic rings. The van der Waals surface area contributed by atoms with Crippen molar-refractivity contribution in [2.24, 2.45) is 11.3 Å². The van der Waals surface area contributed by atoms with Gasteiger partial charge in [-0.1, -0.05) is 156 Å². The quantitative estimate of drug-likeness (QED) is 0.147. The van der Waals surface area contributed by atoms with Crippen molar-refractivity contribution in [2.75, 3.05) is 0 Å². The van der Waals surface area contributed by atoms with E-state index in [4.69, 9.17) is 0 Å². The lowest BCUT2D eigenvalue weighted by molar-refractivity contribution is -0.320. The number of carbonyl (C=O) groups is 1. The highest BCUT2D eigenvalue weighted by atomic mass is 16.4. The van der Waals surface area contributed by atoms with E-state index in [0.29, 0.717) is 0 Å². The molecule has 0 aliphatic carbocycles. The van der Waals surface area contributed by atoms with Crippen LogP contribution in [0.2, 0.25) is 0 Å². The fourth-order valence-corrected chi connectivity index (χ4v) is 4.79. The van der Waals surface area contributed by atoms with E-state index in [2.05, 4.69) is 13.8 Å². The maximum absolute atomic E-state index is 11.7. The van der Waals surface area contributed by atoms with Gasteiger partial charge in [-0.05, 0) is 18.8 Å². The molecule has 0 aromatic heterocycles. The number of hydrogen-bond donors (Lipinski definition) is 1. The maximum Gasteiger partial charge on any atom is 0.0473 e. The molecule has 32 heavy (non-hydrogen) atoms. The number of rotatable bonds is 24. The number of aliphatic carboxylic acids is 1. The zero-order valence-electron chi connectivity index (χ0n) is 23.0. The van der Waals surface area contributed by atoms with Gasteiger partial charge in [-0.3, -0.25) is 0 Å². The van der Waals surface area contributed by atoms with E-state index in [0.717, 1.165) is 12.8 Å². The van der Waals surface area contributed by atoms with Crippen LogP contribution in [0.25, 0.3) is 0 Å². The molecule has 0 amide bonds. The lowest BCUT2D eigenvalue weighted by atomic mass is 9.73. The van der Waals surface area contributed by atoms with Gasteiger partial charge < -0.3 is 16.1 Å². The molecule has 0 radical (unpaired) electrons. The molecule has 0 saturated heterocycles. The summed E-state index contributed by atoms with van der Waals surface area (Å²) in [4.78, 5) is 11.7. The average Bonchev–Trinajstić information content (AvgIpc) is 2.74.